The van der Waals surface area contributed by atoms with Crippen molar-refractivity contribution < 1.29 is 9.53 Å². The summed E-state index contributed by atoms with van der Waals surface area (Å²) in [6, 6.07) is 11.2. The summed E-state index contributed by atoms with van der Waals surface area (Å²) in [5.41, 5.74) is 11.4. The maximum Gasteiger partial charge on any atom is 0.273 e. The fourth-order valence-corrected chi connectivity index (χ4v) is 4.22. The molecule has 1 amide bonds. The summed E-state index contributed by atoms with van der Waals surface area (Å²) in [5.74, 6) is 1.16. The van der Waals surface area contributed by atoms with Gasteiger partial charge in [0.1, 0.15) is 11.2 Å². The number of aromatic amines is 1. The Morgan fingerprint density at radius 1 is 0.974 bits per heavy atom. The summed E-state index contributed by atoms with van der Waals surface area (Å²) in [6.45, 7) is 4.47. The summed E-state index contributed by atoms with van der Waals surface area (Å²) in [4.78, 5) is 37.1. The van der Waals surface area contributed by atoms with Gasteiger partial charge in [-0.05, 0) is 36.8 Å². The second kappa shape index (κ2) is 9.82. The van der Waals surface area contributed by atoms with Crippen LogP contribution in [0.25, 0.3) is 33.5 Å². The lowest BCUT2D eigenvalue weighted by molar-refractivity contribution is 0.102. The summed E-state index contributed by atoms with van der Waals surface area (Å²) in [7, 11) is 0. The smallest absolute Gasteiger partial charge is 0.273 e. The van der Waals surface area contributed by atoms with Crippen LogP contribution in [0.5, 0.6) is 0 Å². The second-order valence-electron chi connectivity index (χ2n) is 8.85. The Morgan fingerprint density at radius 2 is 1.71 bits per heavy atom. The number of pyridine rings is 1. The molecule has 1 aromatic carbocycles. The predicted octanol–water partition coefficient (Wildman–Crippen LogP) is 2.85. The third-order valence-corrected chi connectivity index (χ3v) is 6.18. The van der Waals surface area contributed by atoms with Crippen LogP contribution < -0.4 is 16.0 Å². The number of ether oxygens (including phenoxy) is 1. The van der Waals surface area contributed by atoms with E-state index in [0.29, 0.717) is 60.1 Å². The number of morpholine rings is 1. The summed E-state index contributed by atoms with van der Waals surface area (Å²) >= 11 is 0. The molecule has 1 aliphatic rings. The van der Waals surface area contributed by atoms with Gasteiger partial charge >= 0.3 is 0 Å². The highest BCUT2D eigenvalue weighted by atomic mass is 16.5. The fraction of sp³-hybridized carbons (Fsp3) is 0.192. The molecule has 4 N–H and O–H groups in total. The van der Waals surface area contributed by atoms with Gasteiger partial charge in [0.25, 0.3) is 5.91 Å². The summed E-state index contributed by atoms with van der Waals surface area (Å²) in [6.07, 6.45) is 5.03. The molecule has 5 heterocycles. The normalized spacial score (nSPS) is 13.6. The van der Waals surface area contributed by atoms with Gasteiger partial charge in [-0.3, -0.25) is 14.9 Å². The van der Waals surface area contributed by atoms with E-state index in [1.165, 1.54) is 0 Å². The maximum absolute atomic E-state index is 12.4. The molecule has 5 aromatic rings. The van der Waals surface area contributed by atoms with Gasteiger partial charge in [-0.2, -0.15) is 5.10 Å². The zero-order valence-electron chi connectivity index (χ0n) is 20.5. The number of anilines is 3. The van der Waals surface area contributed by atoms with Crippen molar-refractivity contribution in [1.29, 1.82) is 0 Å². The topological polar surface area (TPSA) is 161 Å². The number of rotatable bonds is 5. The van der Waals surface area contributed by atoms with Gasteiger partial charge in [0, 0.05) is 42.9 Å². The molecule has 4 aromatic heterocycles. The lowest BCUT2D eigenvalue weighted by atomic mass is 10.1. The van der Waals surface area contributed by atoms with Crippen LogP contribution in [0.15, 0.2) is 55.0 Å². The van der Waals surface area contributed by atoms with Gasteiger partial charge < -0.3 is 20.7 Å². The number of hydrogen-bond donors (Lipinski definition) is 3. The molecule has 190 valence electrons. The van der Waals surface area contributed by atoms with Gasteiger partial charge in [-0.15, -0.1) is 0 Å². The van der Waals surface area contributed by atoms with Gasteiger partial charge in [0.2, 0.25) is 5.95 Å². The number of nitrogens with two attached hydrogens (primary N) is 1. The highest BCUT2D eigenvalue weighted by Gasteiger charge is 2.20. The number of H-pyrrole nitrogens is 1. The number of nitrogens with zero attached hydrogens (tertiary/aromatic N) is 7. The van der Waals surface area contributed by atoms with Crippen LogP contribution in [0.2, 0.25) is 0 Å². The molecule has 1 aliphatic heterocycles. The minimum absolute atomic E-state index is 0.186. The van der Waals surface area contributed by atoms with E-state index in [-0.39, 0.29) is 11.9 Å². The average molecular weight is 509 g/mol. The summed E-state index contributed by atoms with van der Waals surface area (Å²) in [5, 5.41) is 9.59. The largest absolute Gasteiger partial charge is 0.378 e. The molecule has 0 aliphatic carbocycles. The van der Waals surface area contributed by atoms with E-state index < -0.39 is 0 Å². The Bertz CT molecular complexity index is 1610. The molecular formula is C26H24N10O2. The van der Waals surface area contributed by atoms with E-state index in [1.807, 2.05) is 43.5 Å². The van der Waals surface area contributed by atoms with Crippen molar-refractivity contribution in [3.8, 4) is 22.5 Å². The Morgan fingerprint density at radius 3 is 2.42 bits per heavy atom. The number of hydrogen-bond acceptors (Lipinski definition) is 10. The quantitative estimate of drug-likeness (QED) is 0.322. The number of fused-ring (bicyclic) bond motifs is 1. The Hall–Kier alpha value is -4.97. The van der Waals surface area contributed by atoms with Gasteiger partial charge in [0.15, 0.2) is 11.6 Å². The van der Waals surface area contributed by atoms with E-state index in [2.05, 4.69) is 30.4 Å². The monoisotopic (exact) mass is 508 g/mol. The first-order valence-corrected chi connectivity index (χ1v) is 12.1. The minimum Gasteiger partial charge on any atom is -0.378 e. The van der Waals surface area contributed by atoms with Crippen LogP contribution in [0.1, 0.15) is 16.2 Å². The number of aryl methyl sites for hydroxylation is 1. The molecule has 0 saturated carbocycles. The first-order chi connectivity index (χ1) is 18.5. The number of aromatic nitrogens is 7. The molecule has 12 nitrogen and oxygen atoms in total. The van der Waals surface area contributed by atoms with Crippen molar-refractivity contribution >= 4 is 34.4 Å². The van der Waals surface area contributed by atoms with Crippen LogP contribution in [0, 0.1) is 6.92 Å². The number of amides is 1. The fourth-order valence-electron chi connectivity index (χ4n) is 4.22. The Labute approximate surface area is 217 Å². The standard InChI is InChI=1S/C26H24N10O2/c1-15-10-21(35-34-15)25(37)31-19-4-2-16(3-5-19)17-11-20-22(28-12-17)24(36-6-8-38-9-7-36)33-23(32-20)18-13-29-26(27)30-14-18/h2-5,10-14H,6-9H2,1H3,(H,31,37)(H,34,35)(H2,27,29,30). The number of nitrogens with one attached hydrogen (secondary N) is 2. The first kappa shape index (κ1) is 23.4. The highest BCUT2D eigenvalue weighted by molar-refractivity contribution is 6.03. The molecule has 0 spiro atoms. The van der Waals surface area contributed by atoms with Crippen molar-refractivity contribution in [3.05, 3.63) is 66.4 Å². The Balaban J connectivity index is 1.34. The predicted molar refractivity (Wildman–Crippen MR) is 143 cm³/mol. The van der Waals surface area contributed by atoms with E-state index in [1.54, 1.807) is 18.5 Å². The summed E-state index contributed by atoms with van der Waals surface area (Å²) < 4.78 is 5.53. The SMILES string of the molecule is Cc1cc(C(=O)Nc2ccc(-c3cnc4c(N5CCOCC5)nc(-c5cnc(N)nc5)nc4c3)cc2)[nH]n1. The van der Waals surface area contributed by atoms with Crippen molar-refractivity contribution in [2.24, 2.45) is 0 Å². The molecular weight excluding hydrogens is 484 g/mol. The Kier molecular flexibility index (Phi) is 6.06. The van der Waals surface area contributed by atoms with Crippen LogP contribution >= 0.6 is 0 Å². The number of carbonyl (C=O) groups excluding carboxylic acids is 1. The van der Waals surface area contributed by atoms with Crippen molar-refractivity contribution in [2.75, 3.05) is 42.3 Å². The number of nitrogen functional groups attached to an aromatic ring is 1. The molecule has 0 atom stereocenters. The van der Waals surface area contributed by atoms with Gasteiger partial charge in [-0.1, -0.05) is 12.1 Å². The lowest BCUT2D eigenvalue weighted by Gasteiger charge is -2.28. The lowest BCUT2D eigenvalue weighted by Crippen LogP contribution is -2.37. The molecule has 0 bridgehead atoms. The molecule has 1 saturated heterocycles. The number of carbonyl (C=O) groups is 1. The zero-order valence-corrected chi connectivity index (χ0v) is 20.5. The number of benzene rings is 1. The van der Waals surface area contributed by atoms with Gasteiger partial charge in [0.05, 0.1) is 30.0 Å². The second-order valence-corrected chi connectivity index (χ2v) is 8.85. The zero-order chi connectivity index (χ0) is 26.1. The van der Waals surface area contributed by atoms with Crippen LogP contribution in [-0.2, 0) is 4.74 Å². The minimum atomic E-state index is -0.253. The molecule has 12 heteroatoms. The van der Waals surface area contributed by atoms with Crippen LogP contribution in [0.3, 0.4) is 0 Å². The van der Waals surface area contributed by atoms with Crippen LogP contribution in [-0.4, -0.2) is 67.3 Å². The van der Waals surface area contributed by atoms with Gasteiger partial charge in [-0.25, -0.2) is 19.9 Å². The molecule has 1 fully saturated rings. The molecule has 0 unspecified atom stereocenters. The molecule has 0 radical (unpaired) electrons. The first-order valence-electron chi connectivity index (χ1n) is 12.1. The van der Waals surface area contributed by atoms with E-state index >= 15 is 0 Å². The third-order valence-electron chi connectivity index (χ3n) is 6.18. The van der Waals surface area contributed by atoms with E-state index in [9.17, 15) is 4.79 Å². The average Bonchev–Trinajstić information content (AvgIpc) is 3.40. The maximum atomic E-state index is 12.4. The van der Waals surface area contributed by atoms with Crippen molar-refractivity contribution in [3.63, 3.8) is 0 Å². The van der Waals surface area contributed by atoms with Crippen LogP contribution in [0.4, 0.5) is 17.5 Å². The van der Waals surface area contributed by atoms with Crippen molar-refractivity contribution in [1.82, 2.24) is 35.1 Å². The van der Waals surface area contributed by atoms with Crippen molar-refractivity contribution in [2.45, 2.75) is 6.92 Å². The van der Waals surface area contributed by atoms with E-state index in [0.717, 1.165) is 22.6 Å². The third kappa shape index (κ3) is 4.72. The molecule has 38 heavy (non-hydrogen) atoms. The molecule has 6 rings (SSSR count). The highest BCUT2D eigenvalue weighted by Crippen LogP contribution is 2.30. The van der Waals surface area contributed by atoms with E-state index in [4.69, 9.17) is 25.4 Å².